The Kier molecular flexibility index (Phi) is 8.53. The van der Waals surface area contributed by atoms with Gasteiger partial charge in [0.1, 0.15) is 6.04 Å². The van der Waals surface area contributed by atoms with Gasteiger partial charge >= 0.3 is 6.18 Å². The molecule has 0 saturated heterocycles. The van der Waals surface area contributed by atoms with Gasteiger partial charge in [-0.05, 0) is 43.5 Å². The maximum atomic E-state index is 12.9. The maximum absolute atomic E-state index is 12.9. The SMILES string of the molecule is N#CCCCCN([C@H](CCC(F)(F)F)C(N)=O)S(=O)(=O)c1ccc(Cl)cc1. The van der Waals surface area contributed by atoms with Gasteiger partial charge in [-0.2, -0.15) is 22.7 Å². The summed E-state index contributed by atoms with van der Waals surface area (Å²) in [5.41, 5.74) is 5.21. The van der Waals surface area contributed by atoms with E-state index in [0.717, 1.165) is 0 Å². The van der Waals surface area contributed by atoms with E-state index < -0.39 is 41.0 Å². The van der Waals surface area contributed by atoms with Crippen molar-refractivity contribution in [2.45, 2.75) is 49.2 Å². The molecule has 0 aliphatic carbocycles. The van der Waals surface area contributed by atoms with Crippen molar-refractivity contribution in [1.82, 2.24) is 4.31 Å². The molecule has 0 heterocycles. The standard InChI is InChI=1S/C16H19ClF3N3O3S/c17-12-4-6-13(7-5-12)27(25,26)23(11-3-1-2-10-21)14(15(22)24)8-9-16(18,19)20/h4-7,14H,1-3,8-9,11H2,(H2,22,24)/t14-/m1/s1. The lowest BCUT2D eigenvalue weighted by molar-refractivity contribution is -0.140. The molecule has 27 heavy (non-hydrogen) atoms. The van der Waals surface area contributed by atoms with E-state index in [1.165, 1.54) is 24.3 Å². The van der Waals surface area contributed by atoms with Crippen LogP contribution in [-0.4, -0.2) is 37.4 Å². The number of carbonyl (C=O) groups is 1. The number of carbonyl (C=O) groups excluding carboxylic acids is 1. The van der Waals surface area contributed by atoms with Crippen LogP contribution in [0.25, 0.3) is 0 Å². The Morgan fingerprint density at radius 1 is 1.26 bits per heavy atom. The maximum Gasteiger partial charge on any atom is 0.389 e. The lowest BCUT2D eigenvalue weighted by Gasteiger charge is -2.29. The van der Waals surface area contributed by atoms with E-state index in [1.807, 2.05) is 6.07 Å². The van der Waals surface area contributed by atoms with Gasteiger partial charge in [0.25, 0.3) is 0 Å². The van der Waals surface area contributed by atoms with Gasteiger partial charge in [-0.3, -0.25) is 4.79 Å². The van der Waals surface area contributed by atoms with E-state index in [-0.39, 0.29) is 29.3 Å². The molecule has 0 aliphatic rings. The molecular formula is C16H19ClF3N3O3S. The Morgan fingerprint density at radius 2 is 1.85 bits per heavy atom. The number of halogens is 4. The van der Waals surface area contributed by atoms with Crippen molar-refractivity contribution in [1.29, 1.82) is 5.26 Å². The predicted octanol–water partition coefficient (Wildman–Crippen LogP) is 3.22. The predicted molar refractivity (Wildman–Crippen MR) is 93.1 cm³/mol. The Balaban J connectivity index is 3.20. The second-order valence-corrected chi connectivity index (χ2v) is 8.08. The molecular weight excluding hydrogens is 407 g/mol. The van der Waals surface area contributed by atoms with E-state index in [1.54, 1.807) is 0 Å². The molecule has 1 rings (SSSR count). The van der Waals surface area contributed by atoms with Crippen LogP contribution in [0, 0.1) is 11.3 Å². The first kappa shape index (κ1) is 23.2. The third-order valence-corrected chi connectivity index (χ3v) is 5.89. The highest BCUT2D eigenvalue weighted by atomic mass is 35.5. The molecule has 1 amide bonds. The molecule has 0 aromatic heterocycles. The number of rotatable bonds is 10. The zero-order valence-electron chi connectivity index (χ0n) is 14.2. The number of nitriles is 1. The number of hydrogen-bond donors (Lipinski definition) is 1. The van der Waals surface area contributed by atoms with E-state index in [4.69, 9.17) is 22.6 Å². The number of alkyl halides is 3. The zero-order chi connectivity index (χ0) is 20.7. The van der Waals surface area contributed by atoms with Gasteiger partial charge in [0.2, 0.25) is 15.9 Å². The van der Waals surface area contributed by atoms with Crippen molar-refractivity contribution in [3.05, 3.63) is 29.3 Å². The van der Waals surface area contributed by atoms with Crippen LogP contribution in [0.4, 0.5) is 13.2 Å². The van der Waals surface area contributed by atoms with Gasteiger partial charge in [0.05, 0.1) is 11.0 Å². The number of unbranched alkanes of at least 4 members (excludes halogenated alkanes) is 2. The molecule has 0 fully saturated rings. The van der Waals surface area contributed by atoms with Crippen LogP contribution in [0.15, 0.2) is 29.2 Å². The van der Waals surface area contributed by atoms with Crippen LogP contribution in [0.2, 0.25) is 5.02 Å². The van der Waals surface area contributed by atoms with E-state index in [0.29, 0.717) is 10.7 Å². The second kappa shape index (κ2) is 9.92. The average Bonchev–Trinajstić information content (AvgIpc) is 2.56. The van der Waals surface area contributed by atoms with Crippen LogP contribution >= 0.6 is 11.6 Å². The van der Waals surface area contributed by atoms with Gasteiger partial charge in [0, 0.05) is 24.4 Å². The van der Waals surface area contributed by atoms with Crippen molar-refractivity contribution in [2.24, 2.45) is 5.73 Å². The first-order valence-corrected chi connectivity index (χ1v) is 9.81. The van der Waals surface area contributed by atoms with Crippen molar-refractivity contribution in [3.8, 4) is 6.07 Å². The van der Waals surface area contributed by atoms with Crippen LogP contribution < -0.4 is 5.73 Å². The van der Waals surface area contributed by atoms with Crippen molar-refractivity contribution >= 4 is 27.5 Å². The fraction of sp³-hybridized carbons (Fsp3) is 0.500. The summed E-state index contributed by atoms with van der Waals surface area (Å²) >= 11 is 5.73. The third-order valence-electron chi connectivity index (χ3n) is 3.71. The molecule has 2 N–H and O–H groups in total. The van der Waals surface area contributed by atoms with Crippen LogP contribution in [0.3, 0.4) is 0 Å². The summed E-state index contributed by atoms with van der Waals surface area (Å²) in [6, 6.07) is 5.26. The first-order chi connectivity index (χ1) is 12.5. The minimum Gasteiger partial charge on any atom is -0.368 e. The molecule has 0 saturated carbocycles. The number of hydrogen-bond acceptors (Lipinski definition) is 4. The summed E-state index contributed by atoms with van der Waals surface area (Å²) < 4.78 is 64.3. The van der Waals surface area contributed by atoms with Crippen molar-refractivity contribution < 1.29 is 26.4 Å². The van der Waals surface area contributed by atoms with Gasteiger partial charge in [-0.25, -0.2) is 8.42 Å². The summed E-state index contributed by atoms with van der Waals surface area (Å²) in [7, 11) is -4.29. The number of benzene rings is 1. The normalized spacial score (nSPS) is 13.3. The Bertz CT molecular complexity index is 777. The largest absolute Gasteiger partial charge is 0.389 e. The zero-order valence-corrected chi connectivity index (χ0v) is 15.8. The molecule has 0 radical (unpaired) electrons. The monoisotopic (exact) mass is 425 g/mol. The van der Waals surface area contributed by atoms with Crippen LogP contribution in [0.5, 0.6) is 0 Å². The molecule has 11 heteroatoms. The quantitative estimate of drug-likeness (QED) is 0.581. The second-order valence-electron chi connectivity index (χ2n) is 5.76. The molecule has 0 aliphatic heterocycles. The summed E-state index contributed by atoms with van der Waals surface area (Å²) in [5, 5.41) is 8.85. The lowest BCUT2D eigenvalue weighted by Crippen LogP contribution is -2.48. The van der Waals surface area contributed by atoms with Gasteiger partial charge in [-0.15, -0.1) is 0 Å². The highest BCUT2D eigenvalue weighted by Gasteiger charge is 2.37. The minimum absolute atomic E-state index is 0.151. The van der Waals surface area contributed by atoms with E-state index in [9.17, 15) is 26.4 Å². The van der Waals surface area contributed by atoms with Crippen LogP contribution in [0.1, 0.15) is 32.1 Å². The van der Waals surface area contributed by atoms with Gasteiger partial charge < -0.3 is 5.73 Å². The Morgan fingerprint density at radius 3 is 2.33 bits per heavy atom. The highest BCUT2D eigenvalue weighted by Crippen LogP contribution is 2.27. The number of sulfonamides is 1. The molecule has 0 spiro atoms. The number of amides is 1. The molecule has 1 atom stereocenters. The molecule has 6 nitrogen and oxygen atoms in total. The summed E-state index contributed by atoms with van der Waals surface area (Å²) in [6.07, 6.45) is -6.04. The smallest absolute Gasteiger partial charge is 0.368 e. The molecule has 150 valence electrons. The third kappa shape index (κ3) is 7.36. The van der Waals surface area contributed by atoms with Gasteiger partial charge in [-0.1, -0.05) is 11.6 Å². The molecule has 1 aromatic carbocycles. The summed E-state index contributed by atoms with van der Waals surface area (Å²) in [6.45, 7) is -0.238. The fourth-order valence-corrected chi connectivity index (χ4v) is 4.18. The Hall–Kier alpha value is -1.83. The van der Waals surface area contributed by atoms with Crippen molar-refractivity contribution in [2.75, 3.05) is 6.54 Å². The summed E-state index contributed by atoms with van der Waals surface area (Å²) in [5.74, 6) is -1.17. The molecule has 0 bridgehead atoms. The summed E-state index contributed by atoms with van der Waals surface area (Å²) in [4.78, 5) is 11.5. The highest BCUT2D eigenvalue weighted by molar-refractivity contribution is 7.89. The number of nitrogens with zero attached hydrogens (tertiary/aromatic N) is 2. The fourth-order valence-electron chi connectivity index (χ4n) is 2.39. The van der Waals surface area contributed by atoms with Crippen molar-refractivity contribution in [3.63, 3.8) is 0 Å². The molecule has 0 unspecified atom stereocenters. The Labute approximate surface area is 160 Å². The van der Waals surface area contributed by atoms with Crippen LogP contribution in [-0.2, 0) is 14.8 Å². The molecule has 1 aromatic rings. The average molecular weight is 426 g/mol. The van der Waals surface area contributed by atoms with E-state index in [2.05, 4.69) is 0 Å². The minimum atomic E-state index is -4.57. The number of primary amides is 1. The lowest BCUT2D eigenvalue weighted by atomic mass is 10.1. The first-order valence-electron chi connectivity index (χ1n) is 7.99. The topological polar surface area (TPSA) is 104 Å². The van der Waals surface area contributed by atoms with E-state index >= 15 is 0 Å². The van der Waals surface area contributed by atoms with Gasteiger partial charge in [0.15, 0.2) is 0 Å². The number of nitrogens with two attached hydrogens (primary N) is 1.